The van der Waals surface area contributed by atoms with Crippen LogP contribution in [0.5, 0.6) is 0 Å². The van der Waals surface area contributed by atoms with Gasteiger partial charge in [0.2, 0.25) is 0 Å². The predicted octanol–water partition coefficient (Wildman–Crippen LogP) is 3.98. The molecule has 1 aliphatic carbocycles. The molecule has 0 nitrogen and oxygen atoms in total. The lowest BCUT2D eigenvalue weighted by atomic mass is 9.85. The number of hydrogen-bond donors (Lipinski definition) is 0. The molecule has 0 unspecified atom stereocenters. The summed E-state index contributed by atoms with van der Waals surface area (Å²) < 4.78 is 0. The van der Waals surface area contributed by atoms with E-state index in [9.17, 15) is 0 Å². The number of rotatable bonds is 0. The van der Waals surface area contributed by atoms with E-state index in [1.807, 2.05) is 0 Å². The lowest BCUT2D eigenvalue weighted by Crippen LogP contribution is -2.09. The molecule has 1 aromatic rings. The van der Waals surface area contributed by atoms with Crippen LogP contribution in [0.25, 0.3) is 6.08 Å². The quantitative estimate of drug-likeness (QED) is 0.575. The summed E-state index contributed by atoms with van der Waals surface area (Å²) in [5.41, 5.74) is 6.25. The van der Waals surface area contributed by atoms with Crippen LogP contribution < -0.4 is 0 Å². The third-order valence-corrected chi connectivity index (χ3v) is 3.11. The van der Waals surface area contributed by atoms with Crippen molar-refractivity contribution in [1.82, 2.24) is 0 Å². The topological polar surface area (TPSA) is 0 Å². The molecule has 0 N–H and O–H groups in total. The van der Waals surface area contributed by atoms with Crippen LogP contribution >= 0.6 is 0 Å². The minimum absolute atomic E-state index is 0.311. The predicted molar refractivity (Wildman–Crippen MR) is 62.3 cm³/mol. The average Bonchev–Trinajstić information content (AvgIpc) is 2.48. The van der Waals surface area contributed by atoms with Gasteiger partial charge in [-0.1, -0.05) is 50.6 Å². The first-order valence-electron chi connectivity index (χ1n) is 5.28. The Morgan fingerprint density at radius 1 is 1.14 bits per heavy atom. The first kappa shape index (κ1) is 9.51. The van der Waals surface area contributed by atoms with Gasteiger partial charge in [0.25, 0.3) is 0 Å². The minimum atomic E-state index is 0.311. The summed E-state index contributed by atoms with van der Waals surface area (Å²) in [5, 5.41) is 0. The van der Waals surface area contributed by atoms with E-state index in [-0.39, 0.29) is 0 Å². The van der Waals surface area contributed by atoms with Crippen LogP contribution in [0.2, 0.25) is 0 Å². The zero-order valence-corrected chi connectivity index (χ0v) is 9.52. The molecule has 1 aliphatic rings. The Bertz CT molecular complexity index is 389. The van der Waals surface area contributed by atoms with Crippen LogP contribution in [0, 0.1) is 12.3 Å². The number of hydrogen-bond acceptors (Lipinski definition) is 0. The maximum Gasteiger partial charge on any atom is -0.00499 e. The Morgan fingerprint density at radius 3 is 2.43 bits per heavy atom. The van der Waals surface area contributed by atoms with Gasteiger partial charge in [0.15, 0.2) is 0 Å². The molecule has 0 amide bonds. The van der Waals surface area contributed by atoms with E-state index in [1.54, 1.807) is 5.57 Å². The number of fused-ring (bicyclic) bond motifs is 1. The Morgan fingerprint density at radius 2 is 1.86 bits per heavy atom. The molecule has 0 heteroatoms. The molecule has 74 valence electrons. The number of aryl methyl sites for hydroxylation is 1. The van der Waals surface area contributed by atoms with Gasteiger partial charge in [-0.05, 0) is 35.4 Å². The highest BCUT2D eigenvalue weighted by molar-refractivity contribution is 5.66. The zero-order valence-electron chi connectivity index (χ0n) is 9.52. The lowest BCUT2D eigenvalue weighted by molar-refractivity contribution is 0.498. The molecule has 0 aliphatic heterocycles. The van der Waals surface area contributed by atoms with Crippen LogP contribution in [0.1, 0.15) is 37.5 Å². The van der Waals surface area contributed by atoms with E-state index >= 15 is 0 Å². The van der Waals surface area contributed by atoms with Crippen molar-refractivity contribution in [3.05, 3.63) is 40.5 Å². The first-order valence-corrected chi connectivity index (χ1v) is 5.28. The van der Waals surface area contributed by atoms with Gasteiger partial charge in [-0.3, -0.25) is 0 Å². The molecule has 0 saturated carbocycles. The van der Waals surface area contributed by atoms with E-state index in [0.717, 1.165) is 6.42 Å². The number of benzene rings is 1. The van der Waals surface area contributed by atoms with E-state index in [1.165, 1.54) is 16.7 Å². The number of allylic oxidation sites excluding steroid dienone is 1. The monoisotopic (exact) mass is 186 g/mol. The van der Waals surface area contributed by atoms with E-state index < -0.39 is 0 Å². The van der Waals surface area contributed by atoms with Crippen LogP contribution in [0.4, 0.5) is 0 Å². The van der Waals surface area contributed by atoms with Gasteiger partial charge in [0.1, 0.15) is 0 Å². The smallest absolute Gasteiger partial charge is 0.00499 e. The molecule has 0 fully saturated rings. The van der Waals surface area contributed by atoms with Gasteiger partial charge in [-0.2, -0.15) is 0 Å². The van der Waals surface area contributed by atoms with Crippen molar-refractivity contribution in [3.63, 3.8) is 0 Å². The van der Waals surface area contributed by atoms with E-state index in [0.29, 0.717) is 5.41 Å². The lowest BCUT2D eigenvalue weighted by Gasteiger charge is -2.20. The highest BCUT2D eigenvalue weighted by atomic mass is 14.3. The molecular weight excluding hydrogens is 168 g/mol. The van der Waals surface area contributed by atoms with Gasteiger partial charge in [0.05, 0.1) is 0 Å². The second-order valence-electron chi connectivity index (χ2n) is 5.24. The van der Waals surface area contributed by atoms with Crippen molar-refractivity contribution in [1.29, 1.82) is 0 Å². The fraction of sp³-hybridized carbons (Fsp3) is 0.429. The fourth-order valence-corrected chi connectivity index (χ4v) is 2.01. The van der Waals surface area contributed by atoms with Crippen molar-refractivity contribution in [2.45, 2.75) is 34.1 Å². The van der Waals surface area contributed by atoms with Gasteiger partial charge in [-0.15, -0.1) is 0 Å². The maximum absolute atomic E-state index is 2.36. The molecule has 14 heavy (non-hydrogen) atoms. The zero-order chi connectivity index (χ0) is 10.3. The summed E-state index contributed by atoms with van der Waals surface area (Å²) in [6.07, 6.45) is 3.51. The second-order valence-corrected chi connectivity index (χ2v) is 5.24. The Kier molecular flexibility index (Phi) is 2.02. The third kappa shape index (κ3) is 1.50. The summed E-state index contributed by atoms with van der Waals surface area (Å²) in [6, 6.07) is 6.58. The average molecular weight is 186 g/mol. The molecule has 0 bridgehead atoms. The summed E-state index contributed by atoms with van der Waals surface area (Å²) in [4.78, 5) is 0. The molecule has 2 rings (SSSR count). The summed E-state index contributed by atoms with van der Waals surface area (Å²) >= 11 is 0. The van der Waals surface area contributed by atoms with E-state index in [2.05, 4.69) is 52.0 Å². The molecule has 0 heterocycles. The van der Waals surface area contributed by atoms with Crippen molar-refractivity contribution in [3.8, 4) is 0 Å². The Hall–Kier alpha value is -1.04. The Balaban J connectivity index is 2.42. The molecule has 1 aromatic carbocycles. The van der Waals surface area contributed by atoms with Gasteiger partial charge in [0, 0.05) is 0 Å². The normalized spacial score (nSPS) is 15.3. The summed E-state index contributed by atoms with van der Waals surface area (Å²) in [5.74, 6) is 0. The Labute approximate surface area is 86.7 Å². The first-order chi connectivity index (χ1) is 6.48. The minimum Gasteiger partial charge on any atom is -0.0614 e. The van der Waals surface area contributed by atoms with Crippen LogP contribution in [-0.4, -0.2) is 0 Å². The van der Waals surface area contributed by atoms with Crippen LogP contribution in [0.3, 0.4) is 0 Å². The second kappa shape index (κ2) is 2.98. The van der Waals surface area contributed by atoms with Crippen molar-refractivity contribution in [2.24, 2.45) is 5.41 Å². The maximum atomic E-state index is 2.36. The molecule has 0 saturated heterocycles. The summed E-state index contributed by atoms with van der Waals surface area (Å²) in [7, 11) is 0. The van der Waals surface area contributed by atoms with Crippen LogP contribution in [0.15, 0.2) is 23.8 Å². The standard InChI is InChI=1S/C14H18/c1-10-6-5-7-11-8-12(9-13(10)11)14(2,3)4/h5-8H,9H2,1-4H3. The van der Waals surface area contributed by atoms with Crippen molar-refractivity contribution in [2.75, 3.05) is 0 Å². The largest absolute Gasteiger partial charge is 0.0614 e. The highest BCUT2D eigenvalue weighted by Gasteiger charge is 2.23. The van der Waals surface area contributed by atoms with Gasteiger partial charge in [-0.25, -0.2) is 0 Å². The SMILES string of the molecule is Cc1cccc2c1CC(C(C)(C)C)=C2. The molecule has 0 aromatic heterocycles. The highest BCUT2D eigenvalue weighted by Crippen LogP contribution is 2.37. The van der Waals surface area contributed by atoms with Crippen molar-refractivity contribution >= 4 is 6.08 Å². The third-order valence-electron chi connectivity index (χ3n) is 3.11. The summed E-state index contributed by atoms with van der Waals surface area (Å²) in [6.45, 7) is 9.08. The fourth-order valence-electron chi connectivity index (χ4n) is 2.01. The molecular formula is C14H18. The van der Waals surface area contributed by atoms with Gasteiger partial charge < -0.3 is 0 Å². The van der Waals surface area contributed by atoms with Crippen molar-refractivity contribution < 1.29 is 0 Å². The molecule has 0 radical (unpaired) electrons. The van der Waals surface area contributed by atoms with Gasteiger partial charge >= 0.3 is 0 Å². The van der Waals surface area contributed by atoms with E-state index in [4.69, 9.17) is 0 Å². The molecule has 0 spiro atoms. The van der Waals surface area contributed by atoms with Crippen LogP contribution in [-0.2, 0) is 6.42 Å². The molecule has 0 atom stereocenters.